The molecule has 2 N–H and O–H groups in total. The Morgan fingerprint density at radius 1 is 1.26 bits per heavy atom. The van der Waals surface area contributed by atoms with E-state index in [1.165, 1.54) is 0 Å². The average Bonchev–Trinajstić information content (AvgIpc) is 3.23. The molecular weight excluding hydrogens is 344 g/mol. The molecule has 27 heavy (non-hydrogen) atoms. The summed E-state index contributed by atoms with van der Waals surface area (Å²) < 4.78 is 1.81. The van der Waals surface area contributed by atoms with Crippen molar-refractivity contribution in [1.82, 2.24) is 35.0 Å². The van der Waals surface area contributed by atoms with Gasteiger partial charge in [0, 0.05) is 49.7 Å². The summed E-state index contributed by atoms with van der Waals surface area (Å²) in [4.78, 5) is 30.0. The Morgan fingerprint density at radius 2 is 2.07 bits per heavy atom. The number of aromatic amines is 1. The molecule has 1 saturated heterocycles. The second-order valence-electron chi connectivity index (χ2n) is 6.79. The van der Waals surface area contributed by atoms with Crippen LogP contribution in [0.3, 0.4) is 0 Å². The van der Waals surface area contributed by atoms with Crippen molar-refractivity contribution < 1.29 is 4.79 Å². The highest BCUT2D eigenvalue weighted by atomic mass is 16.2. The minimum Gasteiger partial charge on any atom is -0.355 e. The molecule has 0 radical (unpaired) electrons. The Balaban J connectivity index is 1.32. The van der Waals surface area contributed by atoms with E-state index in [2.05, 4.69) is 35.3 Å². The maximum Gasteiger partial charge on any atom is 0.226 e. The number of amides is 1. The molecule has 0 aliphatic carbocycles. The summed E-state index contributed by atoms with van der Waals surface area (Å²) in [5, 5.41) is 7.44. The Labute approximate surface area is 156 Å². The molecule has 3 aromatic rings. The van der Waals surface area contributed by atoms with Gasteiger partial charge in [0.1, 0.15) is 12.1 Å². The molecule has 0 bridgehead atoms. The van der Waals surface area contributed by atoms with E-state index in [1.807, 2.05) is 26.0 Å². The number of nitrogens with one attached hydrogen (secondary N) is 2. The van der Waals surface area contributed by atoms with Gasteiger partial charge in [-0.2, -0.15) is 5.10 Å². The predicted octanol–water partition coefficient (Wildman–Crippen LogP) is 0.797. The fourth-order valence-electron chi connectivity index (χ4n) is 3.20. The lowest BCUT2D eigenvalue weighted by Crippen LogP contribution is -2.54. The topological polar surface area (TPSA) is 105 Å². The van der Waals surface area contributed by atoms with E-state index in [-0.39, 0.29) is 11.8 Å². The minimum absolute atomic E-state index is 0.0149. The van der Waals surface area contributed by atoms with Gasteiger partial charge in [0.15, 0.2) is 5.82 Å². The lowest BCUT2D eigenvalue weighted by molar-refractivity contribution is -0.125. The molecule has 1 aliphatic rings. The highest BCUT2D eigenvalue weighted by molar-refractivity contribution is 5.81. The molecule has 1 fully saturated rings. The van der Waals surface area contributed by atoms with Crippen LogP contribution in [0.2, 0.25) is 0 Å². The number of hydrogen-bond donors (Lipinski definition) is 2. The summed E-state index contributed by atoms with van der Waals surface area (Å²) >= 11 is 0. The van der Waals surface area contributed by atoms with Crippen molar-refractivity contribution in [2.75, 3.05) is 24.5 Å². The van der Waals surface area contributed by atoms with Gasteiger partial charge in [-0.3, -0.25) is 4.79 Å². The molecule has 9 heteroatoms. The molecule has 4 heterocycles. The highest BCUT2D eigenvalue weighted by Gasteiger charge is 2.33. The molecule has 9 nitrogen and oxygen atoms in total. The molecule has 0 atom stereocenters. The summed E-state index contributed by atoms with van der Waals surface area (Å²) in [6, 6.07) is 3.92. The van der Waals surface area contributed by atoms with Crippen LogP contribution in [0.4, 0.5) is 5.82 Å². The third-order valence-electron chi connectivity index (χ3n) is 4.69. The van der Waals surface area contributed by atoms with Gasteiger partial charge in [-0.05, 0) is 19.9 Å². The normalized spacial score (nSPS) is 14.2. The van der Waals surface area contributed by atoms with E-state index in [0.717, 1.165) is 35.1 Å². The van der Waals surface area contributed by atoms with E-state index in [0.29, 0.717) is 19.6 Å². The van der Waals surface area contributed by atoms with E-state index in [9.17, 15) is 4.79 Å². The van der Waals surface area contributed by atoms with Crippen LogP contribution in [-0.2, 0) is 11.2 Å². The van der Waals surface area contributed by atoms with Crippen LogP contribution in [0, 0.1) is 19.8 Å². The second kappa shape index (κ2) is 7.18. The zero-order valence-corrected chi connectivity index (χ0v) is 15.4. The number of rotatable bonds is 6. The van der Waals surface area contributed by atoms with Crippen molar-refractivity contribution >= 4 is 11.7 Å². The zero-order valence-electron chi connectivity index (χ0n) is 15.4. The number of aromatic nitrogens is 6. The van der Waals surface area contributed by atoms with Crippen molar-refractivity contribution in [2.45, 2.75) is 20.3 Å². The van der Waals surface area contributed by atoms with E-state index in [1.54, 1.807) is 23.5 Å². The van der Waals surface area contributed by atoms with Gasteiger partial charge >= 0.3 is 0 Å². The zero-order chi connectivity index (χ0) is 18.8. The SMILES string of the molecule is Cc1cc(C)n(-c2cc(N3CC(C(=O)NCCc4cnc[nH]4)C3)ncn2)n1. The third-order valence-corrected chi connectivity index (χ3v) is 4.69. The van der Waals surface area contributed by atoms with Gasteiger partial charge in [-0.15, -0.1) is 0 Å². The van der Waals surface area contributed by atoms with E-state index >= 15 is 0 Å². The maximum atomic E-state index is 12.3. The van der Waals surface area contributed by atoms with Crippen molar-refractivity contribution in [3.63, 3.8) is 0 Å². The summed E-state index contributed by atoms with van der Waals surface area (Å²) in [7, 11) is 0. The molecule has 140 valence electrons. The first kappa shape index (κ1) is 17.2. The predicted molar refractivity (Wildman–Crippen MR) is 99.6 cm³/mol. The Bertz CT molecular complexity index is 927. The fraction of sp³-hybridized carbons (Fsp3) is 0.389. The number of imidazole rings is 1. The van der Waals surface area contributed by atoms with Crippen LogP contribution in [0.5, 0.6) is 0 Å². The maximum absolute atomic E-state index is 12.3. The van der Waals surface area contributed by atoms with Crippen molar-refractivity contribution in [3.05, 3.63) is 48.1 Å². The van der Waals surface area contributed by atoms with Crippen molar-refractivity contribution in [2.24, 2.45) is 5.92 Å². The lowest BCUT2D eigenvalue weighted by Gasteiger charge is -2.39. The molecule has 1 amide bonds. The van der Waals surface area contributed by atoms with Gasteiger partial charge in [-0.1, -0.05) is 0 Å². The van der Waals surface area contributed by atoms with Crippen LogP contribution >= 0.6 is 0 Å². The Morgan fingerprint density at radius 3 is 2.78 bits per heavy atom. The molecule has 1 aliphatic heterocycles. The highest BCUT2D eigenvalue weighted by Crippen LogP contribution is 2.24. The fourth-order valence-corrected chi connectivity index (χ4v) is 3.20. The van der Waals surface area contributed by atoms with E-state index < -0.39 is 0 Å². The Kier molecular flexibility index (Phi) is 4.57. The van der Waals surface area contributed by atoms with Crippen molar-refractivity contribution in [3.8, 4) is 5.82 Å². The second-order valence-corrected chi connectivity index (χ2v) is 6.79. The smallest absolute Gasteiger partial charge is 0.226 e. The lowest BCUT2D eigenvalue weighted by atomic mass is 9.99. The molecule has 4 rings (SSSR count). The molecular formula is C18H22N8O. The molecule has 0 spiro atoms. The quantitative estimate of drug-likeness (QED) is 0.669. The van der Waals surface area contributed by atoms with Crippen LogP contribution < -0.4 is 10.2 Å². The molecule has 0 unspecified atom stereocenters. The molecule has 3 aromatic heterocycles. The average molecular weight is 366 g/mol. The number of hydrogen-bond acceptors (Lipinski definition) is 6. The number of H-pyrrole nitrogens is 1. The van der Waals surface area contributed by atoms with Crippen molar-refractivity contribution in [1.29, 1.82) is 0 Å². The summed E-state index contributed by atoms with van der Waals surface area (Å²) in [6.07, 6.45) is 5.70. The Hall–Kier alpha value is -3.23. The number of nitrogens with zero attached hydrogens (tertiary/aromatic N) is 6. The van der Waals surface area contributed by atoms with E-state index in [4.69, 9.17) is 0 Å². The summed E-state index contributed by atoms with van der Waals surface area (Å²) in [5.41, 5.74) is 2.99. The van der Waals surface area contributed by atoms with Gasteiger partial charge in [0.2, 0.25) is 5.91 Å². The summed E-state index contributed by atoms with van der Waals surface area (Å²) in [5.74, 6) is 1.62. The number of aryl methyl sites for hydroxylation is 2. The van der Waals surface area contributed by atoms with Gasteiger partial charge in [0.25, 0.3) is 0 Å². The van der Waals surface area contributed by atoms with Crippen LogP contribution in [-0.4, -0.2) is 55.3 Å². The van der Waals surface area contributed by atoms with Crippen LogP contribution in [0.25, 0.3) is 5.82 Å². The molecule has 0 aromatic carbocycles. The third kappa shape index (κ3) is 3.67. The number of carbonyl (C=O) groups is 1. The van der Waals surface area contributed by atoms with Gasteiger partial charge in [0.05, 0.1) is 17.9 Å². The summed E-state index contributed by atoms with van der Waals surface area (Å²) in [6.45, 7) is 5.87. The monoisotopic (exact) mass is 366 g/mol. The van der Waals surface area contributed by atoms with Crippen LogP contribution in [0.1, 0.15) is 17.1 Å². The van der Waals surface area contributed by atoms with Gasteiger partial charge in [-0.25, -0.2) is 19.6 Å². The first-order valence-electron chi connectivity index (χ1n) is 8.96. The number of anilines is 1. The first-order valence-corrected chi connectivity index (χ1v) is 8.96. The molecule has 0 saturated carbocycles. The largest absolute Gasteiger partial charge is 0.355 e. The van der Waals surface area contributed by atoms with Gasteiger partial charge < -0.3 is 15.2 Å². The van der Waals surface area contributed by atoms with Crippen LogP contribution in [0.15, 0.2) is 31.0 Å². The standard InChI is InChI=1S/C18H22N8O/c1-12-5-13(2)26(24-12)17-6-16(22-11-23-17)25-8-14(9-25)18(27)20-4-3-15-7-19-10-21-15/h5-7,10-11,14H,3-4,8-9H2,1-2H3,(H,19,21)(H,20,27). The first-order chi connectivity index (χ1) is 13.1. The minimum atomic E-state index is -0.0149. The number of carbonyl (C=O) groups excluding carboxylic acids is 1.